The molecule has 2 heterocycles. The van der Waals surface area contributed by atoms with Gasteiger partial charge in [0.2, 0.25) is 0 Å². The van der Waals surface area contributed by atoms with Crippen LogP contribution in [0.25, 0.3) is 10.9 Å². The molecule has 0 saturated carbocycles. The summed E-state index contributed by atoms with van der Waals surface area (Å²) >= 11 is 0. The Labute approximate surface area is 111 Å². The zero-order valence-corrected chi connectivity index (χ0v) is 10.8. The summed E-state index contributed by atoms with van der Waals surface area (Å²) < 4.78 is 2.08. The number of nitrogens with two attached hydrogens (primary N) is 1. The van der Waals surface area contributed by atoms with Gasteiger partial charge in [0.15, 0.2) is 0 Å². The van der Waals surface area contributed by atoms with Gasteiger partial charge < -0.3 is 10.3 Å². The molecule has 0 radical (unpaired) electrons. The predicted molar refractivity (Wildman–Crippen MR) is 75.7 cm³/mol. The Bertz CT molecular complexity index is 695. The minimum Gasteiger partial charge on any atom is -0.329 e. The van der Waals surface area contributed by atoms with Gasteiger partial charge in [0, 0.05) is 23.8 Å². The van der Waals surface area contributed by atoms with Gasteiger partial charge in [-0.25, -0.2) is 4.98 Å². The maximum absolute atomic E-state index is 5.95. The summed E-state index contributed by atoms with van der Waals surface area (Å²) in [6.45, 7) is 2.71. The molecule has 1 aromatic carbocycles. The van der Waals surface area contributed by atoms with Crippen LogP contribution in [0.1, 0.15) is 24.2 Å². The van der Waals surface area contributed by atoms with E-state index in [1.165, 1.54) is 5.56 Å². The summed E-state index contributed by atoms with van der Waals surface area (Å²) in [5, 5.41) is 1.16. The highest BCUT2D eigenvalue weighted by atomic mass is 15.1. The maximum atomic E-state index is 5.95. The first kappa shape index (κ1) is 11.9. The fourth-order valence-electron chi connectivity index (χ4n) is 2.32. The highest BCUT2D eigenvalue weighted by Gasteiger charge is 2.09. The SMILES string of the molecule is C[C@@H](N)c1cncn1Cc1cccc2cccnc12. The Balaban J connectivity index is 2.04. The number of imidazole rings is 1. The van der Waals surface area contributed by atoms with Crippen molar-refractivity contribution in [1.82, 2.24) is 14.5 Å². The normalized spacial score (nSPS) is 12.7. The van der Waals surface area contributed by atoms with Gasteiger partial charge >= 0.3 is 0 Å². The lowest BCUT2D eigenvalue weighted by atomic mass is 10.1. The van der Waals surface area contributed by atoms with Crippen molar-refractivity contribution in [1.29, 1.82) is 0 Å². The molecule has 0 spiro atoms. The average molecular weight is 252 g/mol. The zero-order valence-electron chi connectivity index (χ0n) is 10.8. The van der Waals surface area contributed by atoms with Crippen LogP contribution in [0.3, 0.4) is 0 Å². The van der Waals surface area contributed by atoms with E-state index in [1.54, 1.807) is 0 Å². The minimum absolute atomic E-state index is 0.0227. The van der Waals surface area contributed by atoms with Crippen molar-refractivity contribution in [2.45, 2.75) is 19.5 Å². The molecule has 0 aliphatic heterocycles. The lowest BCUT2D eigenvalue weighted by Gasteiger charge is -2.12. The highest BCUT2D eigenvalue weighted by Crippen LogP contribution is 2.18. The van der Waals surface area contributed by atoms with Crippen LogP contribution in [-0.4, -0.2) is 14.5 Å². The number of benzene rings is 1. The number of para-hydroxylation sites is 1. The second-order valence-electron chi connectivity index (χ2n) is 4.73. The van der Waals surface area contributed by atoms with E-state index in [0.717, 1.165) is 23.1 Å². The quantitative estimate of drug-likeness (QED) is 0.779. The van der Waals surface area contributed by atoms with Crippen molar-refractivity contribution < 1.29 is 0 Å². The summed E-state index contributed by atoms with van der Waals surface area (Å²) in [5.74, 6) is 0. The number of nitrogens with zero attached hydrogens (tertiary/aromatic N) is 3. The summed E-state index contributed by atoms with van der Waals surface area (Å²) in [5.41, 5.74) is 9.20. The molecular formula is C15H16N4. The predicted octanol–water partition coefficient (Wildman–Crippen LogP) is 2.50. The minimum atomic E-state index is -0.0227. The molecular weight excluding hydrogens is 236 g/mol. The third kappa shape index (κ3) is 2.22. The summed E-state index contributed by atoms with van der Waals surface area (Å²) in [7, 11) is 0. The Morgan fingerprint density at radius 2 is 2.11 bits per heavy atom. The molecule has 0 unspecified atom stereocenters. The number of hydrogen-bond acceptors (Lipinski definition) is 3. The number of pyridine rings is 1. The second kappa shape index (κ2) is 4.82. The summed E-state index contributed by atoms with van der Waals surface area (Å²) in [6.07, 6.45) is 5.47. The van der Waals surface area contributed by atoms with Gasteiger partial charge in [-0.15, -0.1) is 0 Å². The standard InChI is InChI=1S/C15H16N4/c1-11(16)14-8-17-10-19(14)9-13-5-2-4-12-6-3-7-18-15(12)13/h2-8,10-11H,9,16H2,1H3/t11-/m1/s1. The molecule has 2 N–H and O–H groups in total. The van der Waals surface area contributed by atoms with Gasteiger partial charge in [0.1, 0.15) is 0 Å². The van der Waals surface area contributed by atoms with E-state index in [-0.39, 0.29) is 6.04 Å². The largest absolute Gasteiger partial charge is 0.329 e. The van der Waals surface area contributed by atoms with Crippen molar-refractivity contribution in [2.24, 2.45) is 5.73 Å². The second-order valence-corrected chi connectivity index (χ2v) is 4.73. The lowest BCUT2D eigenvalue weighted by Crippen LogP contribution is -2.12. The van der Waals surface area contributed by atoms with Crippen LogP contribution in [0, 0.1) is 0 Å². The molecule has 0 bridgehead atoms. The topological polar surface area (TPSA) is 56.7 Å². The molecule has 0 aliphatic carbocycles. The van der Waals surface area contributed by atoms with Crippen molar-refractivity contribution in [2.75, 3.05) is 0 Å². The fourth-order valence-corrected chi connectivity index (χ4v) is 2.32. The highest BCUT2D eigenvalue weighted by molar-refractivity contribution is 5.81. The van der Waals surface area contributed by atoms with E-state index >= 15 is 0 Å². The van der Waals surface area contributed by atoms with Crippen LogP contribution in [0.4, 0.5) is 0 Å². The molecule has 2 aromatic heterocycles. The van der Waals surface area contributed by atoms with Crippen LogP contribution in [0.2, 0.25) is 0 Å². The molecule has 3 aromatic rings. The summed E-state index contributed by atoms with van der Waals surface area (Å²) in [6, 6.07) is 10.2. The van der Waals surface area contributed by atoms with Crippen LogP contribution >= 0.6 is 0 Å². The first-order valence-corrected chi connectivity index (χ1v) is 6.34. The molecule has 0 amide bonds. The first-order chi connectivity index (χ1) is 9.25. The van der Waals surface area contributed by atoms with Gasteiger partial charge in [-0.2, -0.15) is 0 Å². The number of rotatable bonds is 3. The van der Waals surface area contributed by atoms with E-state index in [1.807, 2.05) is 31.7 Å². The van der Waals surface area contributed by atoms with Crippen molar-refractivity contribution >= 4 is 10.9 Å². The smallest absolute Gasteiger partial charge is 0.0951 e. The molecule has 3 rings (SSSR count). The molecule has 4 nitrogen and oxygen atoms in total. The van der Waals surface area contributed by atoms with Gasteiger partial charge in [0.25, 0.3) is 0 Å². The number of fused-ring (bicyclic) bond motifs is 1. The maximum Gasteiger partial charge on any atom is 0.0951 e. The molecule has 19 heavy (non-hydrogen) atoms. The molecule has 0 saturated heterocycles. The van der Waals surface area contributed by atoms with Crippen LogP contribution < -0.4 is 5.73 Å². The van der Waals surface area contributed by atoms with Crippen LogP contribution in [0.15, 0.2) is 49.1 Å². The van der Waals surface area contributed by atoms with Crippen molar-refractivity contribution in [3.05, 3.63) is 60.3 Å². The lowest BCUT2D eigenvalue weighted by molar-refractivity contribution is 0.676. The third-order valence-corrected chi connectivity index (χ3v) is 3.27. The van der Waals surface area contributed by atoms with E-state index in [2.05, 4.69) is 38.8 Å². The monoisotopic (exact) mass is 252 g/mol. The number of aromatic nitrogens is 3. The van der Waals surface area contributed by atoms with Crippen LogP contribution in [0.5, 0.6) is 0 Å². The van der Waals surface area contributed by atoms with E-state index < -0.39 is 0 Å². The van der Waals surface area contributed by atoms with Gasteiger partial charge in [-0.05, 0) is 18.6 Å². The average Bonchev–Trinajstić information content (AvgIpc) is 2.87. The Kier molecular flexibility index (Phi) is 3.01. The van der Waals surface area contributed by atoms with Gasteiger partial charge in [-0.1, -0.05) is 24.3 Å². The molecule has 1 atom stereocenters. The van der Waals surface area contributed by atoms with Crippen molar-refractivity contribution in [3.63, 3.8) is 0 Å². The third-order valence-electron chi connectivity index (χ3n) is 3.27. The molecule has 0 aliphatic rings. The Morgan fingerprint density at radius 3 is 2.95 bits per heavy atom. The fraction of sp³-hybridized carbons (Fsp3) is 0.200. The molecule has 96 valence electrons. The van der Waals surface area contributed by atoms with Crippen molar-refractivity contribution in [3.8, 4) is 0 Å². The van der Waals surface area contributed by atoms with E-state index in [9.17, 15) is 0 Å². The van der Waals surface area contributed by atoms with Crippen LogP contribution in [-0.2, 0) is 6.54 Å². The van der Waals surface area contributed by atoms with Gasteiger partial charge in [0.05, 0.1) is 24.1 Å². The molecule has 0 fully saturated rings. The van der Waals surface area contributed by atoms with E-state index in [4.69, 9.17) is 5.73 Å². The summed E-state index contributed by atoms with van der Waals surface area (Å²) in [4.78, 5) is 8.65. The number of hydrogen-bond donors (Lipinski definition) is 1. The Hall–Kier alpha value is -2.20. The zero-order chi connectivity index (χ0) is 13.2. The Morgan fingerprint density at radius 1 is 1.26 bits per heavy atom. The first-order valence-electron chi connectivity index (χ1n) is 6.34. The van der Waals surface area contributed by atoms with E-state index in [0.29, 0.717) is 0 Å². The van der Waals surface area contributed by atoms with Gasteiger partial charge in [-0.3, -0.25) is 4.98 Å². The molecule has 4 heteroatoms.